The first kappa shape index (κ1) is 10.4. The van der Waals surface area contributed by atoms with Gasteiger partial charge in [-0.2, -0.15) is 0 Å². The fourth-order valence-electron chi connectivity index (χ4n) is 1.34. The molecule has 6 nitrogen and oxygen atoms in total. The highest BCUT2D eigenvalue weighted by Crippen LogP contribution is 2.21. The lowest BCUT2D eigenvalue weighted by atomic mass is 10.2. The minimum Gasteiger partial charge on any atom is -0.477 e. The zero-order chi connectivity index (χ0) is 11.9. The number of hydrogen-bond acceptors (Lipinski definition) is 4. The van der Waals surface area contributed by atoms with Crippen molar-refractivity contribution in [3.63, 3.8) is 0 Å². The quantitative estimate of drug-likeness (QED) is 0.724. The minimum atomic E-state index is -1.34. The van der Waals surface area contributed by atoms with Crippen LogP contribution in [0.2, 0.25) is 0 Å². The Kier molecular flexibility index (Phi) is 2.24. The number of carboxylic acid groups (broad SMARTS) is 2. The number of aromatic nitrogens is 1. The lowest BCUT2D eigenvalue weighted by Gasteiger charge is -1.95. The number of pyridine rings is 1. The van der Waals surface area contributed by atoms with E-state index in [2.05, 4.69) is 4.98 Å². The van der Waals surface area contributed by atoms with Gasteiger partial charge in [-0.1, -0.05) is 0 Å². The predicted octanol–water partition coefficient (Wildman–Crippen LogP) is 0.986. The maximum atomic E-state index is 11.6. The van der Waals surface area contributed by atoms with Gasteiger partial charge in [-0.05, 0) is 0 Å². The van der Waals surface area contributed by atoms with Gasteiger partial charge in [0.2, 0.25) is 5.43 Å². The summed E-state index contributed by atoms with van der Waals surface area (Å²) < 4.78 is 0. The molecule has 16 heavy (non-hydrogen) atoms. The molecule has 0 amide bonds. The molecule has 0 unspecified atom stereocenters. The van der Waals surface area contributed by atoms with Crippen LogP contribution in [-0.2, 0) is 0 Å². The van der Waals surface area contributed by atoms with Crippen LogP contribution in [-0.4, -0.2) is 27.1 Å². The number of thiophene rings is 1. The highest BCUT2D eigenvalue weighted by Gasteiger charge is 2.17. The molecular formula is C9H5NO5S. The van der Waals surface area contributed by atoms with Gasteiger partial charge in [0.05, 0.1) is 10.9 Å². The van der Waals surface area contributed by atoms with Crippen molar-refractivity contribution in [1.29, 1.82) is 0 Å². The molecule has 0 saturated heterocycles. The standard InChI is InChI=1S/C9H5NO5S/c11-6-3(8(12)13)1-10-5-4(6)2-16-7(5)9(14)15/h1-2,10H,(H,12,13)(H,14,15). The summed E-state index contributed by atoms with van der Waals surface area (Å²) in [7, 11) is 0. The Hall–Kier alpha value is -2.15. The van der Waals surface area contributed by atoms with Crippen molar-refractivity contribution in [1.82, 2.24) is 4.98 Å². The van der Waals surface area contributed by atoms with Gasteiger partial charge in [-0.15, -0.1) is 11.3 Å². The van der Waals surface area contributed by atoms with Crippen molar-refractivity contribution >= 4 is 34.2 Å². The fourth-order valence-corrected chi connectivity index (χ4v) is 2.19. The SMILES string of the molecule is O=C(O)c1c[nH]c2c(C(=O)O)scc2c1=O. The van der Waals surface area contributed by atoms with E-state index in [0.717, 1.165) is 17.5 Å². The van der Waals surface area contributed by atoms with Crippen molar-refractivity contribution in [2.75, 3.05) is 0 Å². The third-order valence-electron chi connectivity index (χ3n) is 2.07. The molecule has 0 radical (unpaired) electrons. The third kappa shape index (κ3) is 1.38. The minimum absolute atomic E-state index is 0.0101. The number of carbonyl (C=O) groups is 2. The summed E-state index contributed by atoms with van der Waals surface area (Å²) >= 11 is 0.882. The average molecular weight is 239 g/mol. The number of H-pyrrole nitrogens is 1. The maximum absolute atomic E-state index is 11.6. The van der Waals surface area contributed by atoms with Gasteiger partial charge in [0, 0.05) is 11.6 Å². The first-order valence-corrected chi connectivity index (χ1v) is 5.00. The first-order chi connectivity index (χ1) is 7.52. The van der Waals surface area contributed by atoms with Gasteiger partial charge in [-0.25, -0.2) is 9.59 Å². The molecule has 0 saturated carbocycles. The maximum Gasteiger partial charge on any atom is 0.348 e. The molecule has 0 fully saturated rings. The Morgan fingerprint density at radius 2 is 1.94 bits per heavy atom. The van der Waals surface area contributed by atoms with Crippen molar-refractivity contribution in [3.05, 3.63) is 32.2 Å². The van der Waals surface area contributed by atoms with E-state index in [4.69, 9.17) is 10.2 Å². The molecule has 0 aromatic carbocycles. The van der Waals surface area contributed by atoms with Crippen LogP contribution in [0.3, 0.4) is 0 Å². The molecule has 0 spiro atoms. The molecule has 2 heterocycles. The van der Waals surface area contributed by atoms with Crippen molar-refractivity contribution in [3.8, 4) is 0 Å². The van der Waals surface area contributed by atoms with Crippen LogP contribution in [0.25, 0.3) is 10.9 Å². The summed E-state index contributed by atoms with van der Waals surface area (Å²) in [5.41, 5.74) is -0.917. The summed E-state index contributed by atoms with van der Waals surface area (Å²) in [6, 6.07) is 0. The molecular weight excluding hydrogens is 234 g/mol. The molecule has 2 rings (SSSR count). The number of carboxylic acids is 2. The van der Waals surface area contributed by atoms with Crippen LogP contribution in [0.4, 0.5) is 0 Å². The number of nitrogens with one attached hydrogen (secondary N) is 1. The Bertz CT molecular complexity index is 653. The largest absolute Gasteiger partial charge is 0.477 e. The predicted molar refractivity (Wildman–Crippen MR) is 56.4 cm³/mol. The topological polar surface area (TPSA) is 107 Å². The van der Waals surface area contributed by atoms with Crippen LogP contribution < -0.4 is 5.43 Å². The summed E-state index contributed by atoms with van der Waals surface area (Å²) in [5.74, 6) is -2.50. The zero-order valence-corrected chi connectivity index (χ0v) is 8.50. The van der Waals surface area contributed by atoms with Gasteiger partial charge in [-0.3, -0.25) is 4.79 Å². The van der Waals surface area contributed by atoms with Crippen LogP contribution in [0.1, 0.15) is 20.0 Å². The molecule has 0 aliphatic heterocycles. The van der Waals surface area contributed by atoms with E-state index in [9.17, 15) is 14.4 Å². The van der Waals surface area contributed by atoms with E-state index in [1.54, 1.807) is 0 Å². The van der Waals surface area contributed by atoms with E-state index < -0.39 is 22.9 Å². The molecule has 82 valence electrons. The van der Waals surface area contributed by atoms with Crippen LogP contribution in [0.5, 0.6) is 0 Å². The van der Waals surface area contributed by atoms with E-state index in [1.807, 2.05) is 0 Å². The van der Waals surface area contributed by atoms with Crippen molar-refractivity contribution < 1.29 is 19.8 Å². The van der Waals surface area contributed by atoms with Gasteiger partial charge in [0.15, 0.2) is 0 Å². The monoisotopic (exact) mass is 239 g/mol. The average Bonchev–Trinajstić information content (AvgIpc) is 2.61. The van der Waals surface area contributed by atoms with Crippen molar-refractivity contribution in [2.45, 2.75) is 0 Å². The molecule has 0 aliphatic rings. The molecule has 0 bridgehead atoms. The van der Waals surface area contributed by atoms with E-state index >= 15 is 0 Å². The number of rotatable bonds is 2. The third-order valence-corrected chi connectivity index (χ3v) is 3.03. The van der Waals surface area contributed by atoms with Gasteiger partial charge < -0.3 is 15.2 Å². The van der Waals surface area contributed by atoms with E-state index in [1.165, 1.54) is 5.38 Å². The van der Waals surface area contributed by atoms with Crippen LogP contribution in [0.15, 0.2) is 16.4 Å². The summed E-state index contributed by atoms with van der Waals surface area (Å²) in [6.45, 7) is 0. The smallest absolute Gasteiger partial charge is 0.348 e. The van der Waals surface area contributed by atoms with Gasteiger partial charge >= 0.3 is 11.9 Å². The van der Waals surface area contributed by atoms with Crippen molar-refractivity contribution in [2.24, 2.45) is 0 Å². The Morgan fingerprint density at radius 1 is 1.25 bits per heavy atom. The number of aromatic carboxylic acids is 2. The van der Waals surface area contributed by atoms with Gasteiger partial charge in [0.25, 0.3) is 0 Å². The normalized spacial score (nSPS) is 10.5. The second-order valence-electron chi connectivity index (χ2n) is 3.00. The van der Waals surface area contributed by atoms with Gasteiger partial charge in [0.1, 0.15) is 10.4 Å². The zero-order valence-electron chi connectivity index (χ0n) is 7.68. The van der Waals surface area contributed by atoms with E-state index in [0.29, 0.717) is 0 Å². The van der Waals surface area contributed by atoms with E-state index in [-0.39, 0.29) is 15.8 Å². The highest BCUT2D eigenvalue weighted by molar-refractivity contribution is 7.13. The fraction of sp³-hybridized carbons (Fsp3) is 0. The highest BCUT2D eigenvalue weighted by atomic mass is 32.1. The second-order valence-corrected chi connectivity index (χ2v) is 3.87. The number of fused-ring (bicyclic) bond motifs is 1. The lowest BCUT2D eigenvalue weighted by Crippen LogP contribution is -2.14. The Morgan fingerprint density at radius 3 is 2.50 bits per heavy atom. The number of hydrogen-bond donors (Lipinski definition) is 3. The summed E-state index contributed by atoms with van der Waals surface area (Å²) in [5, 5.41) is 18.9. The lowest BCUT2D eigenvalue weighted by molar-refractivity contribution is 0.0689. The summed E-state index contributed by atoms with van der Waals surface area (Å²) in [6.07, 6.45) is 1.01. The molecule has 2 aromatic rings. The molecule has 0 aliphatic carbocycles. The first-order valence-electron chi connectivity index (χ1n) is 4.12. The molecule has 7 heteroatoms. The molecule has 2 aromatic heterocycles. The Balaban J connectivity index is 2.84. The summed E-state index contributed by atoms with van der Waals surface area (Å²) in [4.78, 5) is 35.6. The number of aromatic amines is 1. The molecule has 0 atom stereocenters. The molecule has 3 N–H and O–H groups in total. The van der Waals surface area contributed by atoms with Crippen LogP contribution >= 0.6 is 11.3 Å². The Labute approximate surface area is 91.8 Å². The second kappa shape index (κ2) is 3.46. The van der Waals surface area contributed by atoms with Crippen LogP contribution in [0, 0.1) is 0 Å².